The molecule has 106 valence electrons. The zero-order valence-corrected chi connectivity index (χ0v) is 13.8. The van der Waals surface area contributed by atoms with Gasteiger partial charge in [-0.1, -0.05) is 48.8 Å². The summed E-state index contributed by atoms with van der Waals surface area (Å²) in [6.45, 7) is 9.95. The van der Waals surface area contributed by atoms with Crippen molar-refractivity contribution in [3.8, 4) is 0 Å². The summed E-state index contributed by atoms with van der Waals surface area (Å²) in [5.41, 5.74) is 1.55. The van der Waals surface area contributed by atoms with Gasteiger partial charge in [-0.25, -0.2) is 0 Å². The molecule has 3 atom stereocenters. The zero-order chi connectivity index (χ0) is 14.0. The van der Waals surface area contributed by atoms with Crippen LogP contribution in [0.2, 0.25) is 0 Å². The lowest BCUT2D eigenvalue weighted by molar-refractivity contribution is -0.0755. The number of ether oxygens (including phenoxy) is 1. The number of halogens is 1. The standard InChI is InChI=1S/C16H24BrNO/c1-11-15(12-5-7-13(17)8-6-12)19-14(10-18-11)9-16(2,3)4/h5-8,11,14-15,18H,9-10H2,1-4H3. The molecule has 1 saturated heterocycles. The Morgan fingerprint density at radius 1 is 1.26 bits per heavy atom. The van der Waals surface area contributed by atoms with E-state index in [2.05, 4.69) is 73.2 Å². The Balaban J connectivity index is 2.08. The second-order valence-electron chi connectivity index (χ2n) is 6.69. The quantitative estimate of drug-likeness (QED) is 0.875. The molecule has 1 N–H and O–H groups in total. The first-order valence-electron chi connectivity index (χ1n) is 6.99. The summed E-state index contributed by atoms with van der Waals surface area (Å²) in [6.07, 6.45) is 1.53. The van der Waals surface area contributed by atoms with Crippen LogP contribution < -0.4 is 5.32 Å². The molecule has 3 unspecified atom stereocenters. The van der Waals surface area contributed by atoms with Crippen molar-refractivity contribution < 1.29 is 4.74 Å². The Labute approximate surface area is 125 Å². The highest BCUT2D eigenvalue weighted by molar-refractivity contribution is 9.10. The molecule has 1 aromatic rings. The minimum atomic E-state index is 0.147. The van der Waals surface area contributed by atoms with Crippen molar-refractivity contribution >= 4 is 15.9 Å². The summed E-state index contributed by atoms with van der Waals surface area (Å²) >= 11 is 3.48. The minimum absolute atomic E-state index is 0.147. The highest BCUT2D eigenvalue weighted by Crippen LogP contribution is 2.31. The maximum absolute atomic E-state index is 6.32. The number of benzene rings is 1. The fourth-order valence-electron chi connectivity index (χ4n) is 2.62. The fourth-order valence-corrected chi connectivity index (χ4v) is 2.89. The van der Waals surface area contributed by atoms with Crippen LogP contribution in [0.5, 0.6) is 0 Å². The van der Waals surface area contributed by atoms with Gasteiger partial charge in [0.1, 0.15) is 0 Å². The van der Waals surface area contributed by atoms with E-state index in [4.69, 9.17) is 4.74 Å². The molecule has 1 aliphatic heterocycles. The van der Waals surface area contributed by atoms with E-state index in [0.29, 0.717) is 17.6 Å². The van der Waals surface area contributed by atoms with Gasteiger partial charge in [0.05, 0.1) is 12.2 Å². The summed E-state index contributed by atoms with van der Waals surface area (Å²) in [5, 5.41) is 3.58. The van der Waals surface area contributed by atoms with Gasteiger partial charge in [-0.3, -0.25) is 0 Å². The molecule has 1 fully saturated rings. The molecule has 0 spiro atoms. The largest absolute Gasteiger partial charge is 0.367 e. The summed E-state index contributed by atoms with van der Waals surface area (Å²) < 4.78 is 7.43. The zero-order valence-electron chi connectivity index (χ0n) is 12.2. The van der Waals surface area contributed by atoms with E-state index in [1.54, 1.807) is 0 Å². The monoisotopic (exact) mass is 325 g/mol. The summed E-state index contributed by atoms with van der Waals surface area (Å²) in [7, 11) is 0. The second kappa shape index (κ2) is 5.94. The van der Waals surface area contributed by atoms with Crippen molar-refractivity contribution in [2.75, 3.05) is 6.54 Å². The number of hydrogen-bond donors (Lipinski definition) is 1. The van der Waals surface area contributed by atoms with E-state index in [0.717, 1.165) is 17.4 Å². The molecule has 1 aliphatic rings. The van der Waals surface area contributed by atoms with Gasteiger partial charge in [-0.2, -0.15) is 0 Å². The van der Waals surface area contributed by atoms with Crippen molar-refractivity contribution in [1.82, 2.24) is 5.32 Å². The Morgan fingerprint density at radius 2 is 1.89 bits per heavy atom. The average Bonchev–Trinajstić information content (AvgIpc) is 2.31. The van der Waals surface area contributed by atoms with Gasteiger partial charge < -0.3 is 10.1 Å². The van der Waals surface area contributed by atoms with Gasteiger partial charge in [0, 0.05) is 17.1 Å². The first-order valence-corrected chi connectivity index (χ1v) is 7.79. The van der Waals surface area contributed by atoms with Crippen LogP contribution in [0.25, 0.3) is 0 Å². The number of rotatable bonds is 2. The number of nitrogens with one attached hydrogen (secondary N) is 1. The van der Waals surface area contributed by atoms with Crippen LogP contribution in [0.15, 0.2) is 28.7 Å². The molecule has 0 amide bonds. The molecular weight excluding hydrogens is 302 g/mol. The molecule has 0 bridgehead atoms. The van der Waals surface area contributed by atoms with Gasteiger partial charge in [0.25, 0.3) is 0 Å². The van der Waals surface area contributed by atoms with Crippen LogP contribution in [0.1, 0.15) is 45.8 Å². The van der Waals surface area contributed by atoms with Gasteiger partial charge in [-0.15, -0.1) is 0 Å². The van der Waals surface area contributed by atoms with Crippen LogP contribution in [0.4, 0.5) is 0 Å². The molecule has 0 radical (unpaired) electrons. The molecule has 2 nitrogen and oxygen atoms in total. The molecule has 0 aromatic heterocycles. The lowest BCUT2D eigenvalue weighted by Crippen LogP contribution is -2.47. The Morgan fingerprint density at radius 3 is 2.47 bits per heavy atom. The minimum Gasteiger partial charge on any atom is -0.367 e. The topological polar surface area (TPSA) is 21.3 Å². The number of morpholine rings is 1. The predicted octanol–water partition coefficient (Wildman–Crippen LogP) is 4.30. The smallest absolute Gasteiger partial charge is 0.0979 e. The van der Waals surface area contributed by atoms with Gasteiger partial charge in [0.15, 0.2) is 0 Å². The van der Waals surface area contributed by atoms with Crippen LogP contribution in [-0.4, -0.2) is 18.7 Å². The van der Waals surface area contributed by atoms with Crippen LogP contribution in [-0.2, 0) is 4.74 Å². The second-order valence-corrected chi connectivity index (χ2v) is 7.61. The molecule has 1 heterocycles. The van der Waals surface area contributed by atoms with Crippen molar-refractivity contribution in [2.45, 2.75) is 52.4 Å². The van der Waals surface area contributed by atoms with E-state index in [-0.39, 0.29) is 6.10 Å². The van der Waals surface area contributed by atoms with Crippen LogP contribution >= 0.6 is 15.9 Å². The Bertz CT molecular complexity index is 410. The first-order chi connectivity index (χ1) is 8.85. The highest BCUT2D eigenvalue weighted by atomic mass is 79.9. The van der Waals surface area contributed by atoms with Crippen molar-refractivity contribution in [1.29, 1.82) is 0 Å². The van der Waals surface area contributed by atoms with E-state index < -0.39 is 0 Å². The fraction of sp³-hybridized carbons (Fsp3) is 0.625. The summed E-state index contributed by atoms with van der Waals surface area (Å²) in [4.78, 5) is 0. The third kappa shape index (κ3) is 4.30. The van der Waals surface area contributed by atoms with Crippen LogP contribution in [0, 0.1) is 5.41 Å². The van der Waals surface area contributed by atoms with Crippen molar-refractivity contribution in [3.63, 3.8) is 0 Å². The SMILES string of the molecule is CC1NCC(CC(C)(C)C)OC1c1ccc(Br)cc1. The summed E-state index contributed by atoms with van der Waals surface area (Å²) in [6, 6.07) is 8.81. The molecular formula is C16H24BrNO. The van der Waals surface area contributed by atoms with Gasteiger partial charge in [-0.05, 0) is 36.5 Å². The highest BCUT2D eigenvalue weighted by Gasteiger charge is 2.31. The molecule has 3 heteroatoms. The lowest BCUT2D eigenvalue weighted by Gasteiger charge is -2.38. The first kappa shape index (κ1) is 15.0. The maximum atomic E-state index is 6.32. The van der Waals surface area contributed by atoms with E-state index in [1.807, 2.05) is 0 Å². The van der Waals surface area contributed by atoms with Crippen LogP contribution in [0.3, 0.4) is 0 Å². The molecule has 19 heavy (non-hydrogen) atoms. The van der Waals surface area contributed by atoms with Crippen molar-refractivity contribution in [2.24, 2.45) is 5.41 Å². The van der Waals surface area contributed by atoms with Crippen molar-refractivity contribution in [3.05, 3.63) is 34.3 Å². The molecule has 0 aliphatic carbocycles. The average molecular weight is 326 g/mol. The maximum Gasteiger partial charge on any atom is 0.0979 e. The molecule has 2 rings (SSSR count). The molecule has 0 saturated carbocycles. The third-order valence-electron chi connectivity index (χ3n) is 3.50. The van der Waals surface area contributed by atoms with E-state index in [1.165, 1.54) is 5.56 Å². The number of hydrogen-bond acceptors (Lipinski definition) is 2. The van der Waals surface area contributed by atoms with Gasteiger partial charge >= 0.3 is 0 Å². The lowest BCUT2D eigenvalue weighted by atomic mass is 9.88. The Hall–Kier alpha value is -0.380. The third-order valence-corrected chi connectivity index (χ3v) is 4.03. The summed E-state index contributed by atoms with van der Waals surface area (Å²) in [5.74, 6) is 0. The normalized spacial score (nSPS) is 28.4. The van der Waals surface area contributed by atoms with E-state index in [9.17, 15) is 0 Å². The Kier molecular flexibility index (Phi) is 4.70. The van der Waals surface area contributed by atoms with E-state index >= 15 is 0 Å². The molecule has 1 aromatic carbocycles. The van der Waals surface area contributed by atoms with Gasteiger partial charge in [0.2, 0.25) is 0 Å². The predicted molar refractivity (Wildman–Crippen MR) is 83.3 cm³/mol.